The Balaban J connectivity index is 4.28. The van der Waals surface area contributed by atoms with Crippen LogP contribution in [0.15, 0.2) is 0 Å². The summed E-state index contributed by atoms with van der Waals surface area (Å²) in [7, 11) is 0. The van der Waals surface area contributed by atoms with E-state index >= 15 is 0 Å². The summed E-state index contributed by atoms with van der Waals surface area (Å²) in [6.07, 6.45) is 2.96. The summed E-state index contributed by atoms with van der Waals surface area (Å²) in [6, 6.07) is 0. The Morgan fingerprint density at radius 3 is 2.29 bits per heavy atom. The zero-order valence-electron chi connectivity index (χ0n) is 9.94. The van der Waals surface area contributed by atoms with Crippen molar-refractivity contribution in [3.05, 3.63) is 0 Å². The first-order valence-electron chi connectivity index (χ1n) is 5.64. The molecule has 1 amide bonds. The molecule has 0 aliphatic carbocycles. The molecule has 0 aromatic carbocycles. The fourth-order valence-corrected chi connectivity index (χ4v) is 1.54. The van der Waals surface area contributed by atoms with Crippen molar-refractivity contribution >= 4 is 5.91 Å². The molecule has 2 N–H and O–H groups in total. The maximum absolute atomic E-state index is 11.8. The van der Waals surface area contributed by atoms with Crippen LogP contribution in [-0.4, -0.2) is 24.5 Å². The molecule has 0 saturated heterocycles. The van der Waals surface area contributed by atoms with E-state index in [2.05, 4.69) is 24.5 Å². The van der Waals surface area contributed by atoms with Crippen LogP contribution in [0.25, 0.3) is 0 Å². The number of nitrogens with one attached hydrogen (secondary N) is 2. The van der Waals surface area contributed by atoms with E-state index in [-0.39, 0.29) is 11.4 Å². The number of hydrogen-bond donors (Lipinski definition) is 2. The summed E-state index contributed by atoms with van der Waals surface area (Å²) in [5, 5.41) is 6.20. The zero-order chi connectivity index (χ0) is 11.0. The third-order valence-electron chi connectivity index (χ3n) is 2.35. The summed E-state index contributed by atoms with van der Waals surface area (Å²) in [5.41, 5.74) is -0.388. The molecule has 1 unspecified atom stereocenters. The van der Waals surface area contributed by atoms with Crippen LogP contribution in [0.1, 0.15) is 47.0 Å². The summed E-state index contributed by atoms with van der Waals surface area (Å²) < 4.78 is 0. The Bertz CT molecular complexity index is 171. The lowest BCUT2D eigenvalue weighted by atomic mass is 9.94. The predicted molar refractivity (Wildman–Crippen MR) is 60.3 cm³/mol. The number of carbonyl (C=O) groups excluding carboxylic acids is 1. The van der Waals surface area contributed by atoms with E-state index in [4.69, 9.17) is 0 Å². The van der Waals surface area contributed by atoms with Crippen LogP contribution in [0.5, 0.6) is 0 Å². The van der Waals surface area contributed by atoms with Crippen molar-refractivity contribution in [3.63, 3.8) is 0 Å². The molecule has 1 atom stereocenters. The minimum atomic E-state index is -0.388. The molecule has 84 valence electrons. The average Bonchev–Trinajstić information content (AvgIpc) is 2.15. The molecule has 0 aromatic rings. The van der Waals surface area contributed by atoms with Crippen molar-refractivity contribution in [2.75, 3.05) is 13.1 Å². The summed E-state index contributed by atoms with van der Waals surface area (Å²) in [4.78, 5) is 11.8. The SMILES string of the molecule is CCCNC(C)(CCC)C(=O)NCC. The third-order valence-corrected chi connectivity index (χ3v) is 2.35. The molecule has 0 rings (SSSR count). The van der Waals surface area contributed by atoms with E-state index < -0.39 is 0 Å². The minimum Gasteiger partial charge on any atom is -0.355 e. The van der Waals surface area contributed by atoms with Crippen LogP contribution in [0.4, 0.5) is 0 Å². The van der Waals surface area contributed by atoms with Gasteiger partial charge in [-0.1, -0.05) is 20.3 Å². The van der Waals surface area contributed by atoms with Crippen LogP contribution in [0, 0.1) is 0 Å². The molecule has 0 heterocycles. The molecule has 0 aliphatic rings. The Labute approximate surface area is 87.6 Å². The molecular weight excluding hydrogens is 176 g/mol. The number of amides is 1. The second kappa shape index (κ2) is 6.82. The van der Waals surface area contributed by atoms with E-state index in [1.54, 1.807) is 0 Å². The number of rotatable bonds is 7. The fraction of sp³-hybridized carbons (Fsp3) is 0.909. The third kappa shape index (κ3) is 4.09. The topological polar surface area (TPSA) is 41.1 Å². The lowest BCUT2D eigenvalue weighted by Gasteiger charge is -2.29. The van der Waals surface area contributed by atoms with Crippen LogP contribution in [-0.2, 0) is 4.79 Å². The van der Waals surface area contributed by atoms with Crippen LogP contribution >= 0.6 is 0 Å². The number of hydrogen-bond acceptors (Lipinski definition) is 2. The van der Waals surface area contributed by atoms with Crippen molar-refractivity contribution in [3.8, 4) is 0 Å². The smallest absolute Gasteiger partial charge is 0.240 e. The summed E-state index contributed by atoms with van der Waals surface area (Å²) in [5.74, 6) is 0.121. The van der Waals surface area contributed by atoms with Gasteiger partial charge in [0, 0.05) is 6.54 Å². The van der Waals surface area contributed by atoms with Crippen LogP contribution < -0.4 is 10.6 Å². The molecule has 0 bridgehead atoms. The van der Waals surface area contributed by atoms with Crippen molar-refractivity contribution in [1.82, 2.24) is 10.6 Å². The second-order valence-electron chi connectivity index (χ2n) is 3.87. The Hall–Kier alpha value is -0.570. The van der Waals surface area contributed by atoms with E-state index in [1.807, 2.05) is 13.8 Å². The molecule has 14 heavy (non-hydrogen) atoms. The lowest BCUT2D eigenvalue weighted by Crippen LogP contribution is -2.54. The lowest BCUT2D eigenvalue weighted by molar-refractivity contribution is -0.127. The highest BCUT2D eigenvalue weighted by atomic mass is 16.2. The van der Waals surface area contributed by atoms with Gasteiger partial charge in [-0.3, -0.25) is 4.79 Å². The number of likely N-dealkylation sites (N-methyl/N-ethyl adjacent to an activating group) is 1. The molecule has 3 nitrogen and oxygen atoms in total. The Morgan fingerprint density at radius 2 is 1.86 bits per heavy atom. The predicted octanol–water partition coefficient (Wildman–Crippen LogP) is 1.68. The largest absolute Gasteiger partial charge is 0.355 e. The van der Waals surface area contributed by atoms with Gasteiger partial charge in [-0.05, 0) is 33.2 Å². The fourth-order valence-electron chi connectivity index (χ4n) is 1.54. The highest BCUT2D eigenvalue weighted by Gasteiger charge is 2.30. The highest BCUT2D eigenvalue weighted by molar-refractivity contribution is 5.85. The monoisotopic (exact) mass is 200 g/mol. The summed E-state index contributed by atoms with van der Waals surface area (Å²) in [6.45, 7) is 9.74. The van der Waals surface area contributed by atoms with Crippen LogP contribution in [0.2, 0.25) is 0 Å². The quantitative estimate of drug-likeness (QED) is 0.656. The van der Waals surface area contributed by atoms with E-state index in [0.717, 1.165) is 25.8 Å². The highest BCUT2D eigenvalue weighted by Crippen LogP contribution is 2.12. The molecule has 0 spiro atoms. The first kappa shape index (κ1) is 13.4. The van der Waals surface area contributed by atoms with Gasteiger partial charge in [0.1, 0.15) is 0 Å². The van der Waals surface area contributed by atoms with Crippen molar-refractivity contribution < 1.29 is 4.79 Å². The zero-order valence-corrected chi connectivity index (χ0v) is 9.94. The standard InChI is InChI=1S/C11H24N2O/c1-5-8-11(4,13-9-6-2)10(14)12-7-3/h13H,5-9H2,1-4H3,(H,12,14). The summed E-state index contributed by atoms with van der Waals surface area (Å²) >= 11 is 0. The minimum absolute atomic E-state index is 0.121. The number of carbonyl (C=O) groups is 1. The van der Waals surface area contributed by atoms with Gasteiger partial charge in [-0.25, -0.2) is 0 Å². The molecule has 0 radical (unpaired) electrons. The molecule has 3 heteroatoms. The molecule has 0 aromatic heterocycles. The van der Waals surface area contributed by atoms with Gasteiger partial charge in [0.15, 0.2) is 0 Å². The van der Waals surface area contributed by atoms with E-state index in [0.29, 0.717) is 6.54 Å². The normalized spacial score (nSPS) is 14.9. The van der Waals surface area contributed by atoms with E-state index in [9.17, 15) is 4.79 Å². The van der Waals surface area contributed by atoms with Crippen molar-refractivity contribution in [2.45, 2.75) is 52.5 Å². The van der Waals surface area contributed by atoms with Gasteiger partial charge in [-0.2, -0.15) is 0 Å². The average molecular weight is 200 g/mol. The first-order valence-corrected chi connectivity index (χ1v) is 5.64. The Kier molecular flexibility index (Phi) is 6.54. The second-order valence-corrected chi connectivity index (χ2v) is 3.87. The van der Waals surface area contributed by atoms with Gasteiger partial charge >= 0.3 is 0 Å². The van der Waals surface area contributed by atoms with Gasteiger partial charge in [-0.15, -0.1) is 0 Å². The van der Waals surface area contributed by atoms with E-state index in [1.165, 1.54) is 0 Å². The van der Waals surface area contributed by atoms with Gasteiger partial charge in [0.2, 0.25) is 5.91 Å². The van der Waals surface area contributed by atoms with Crippen LogP contribution in [0.3, 0.4) is 0 Å². The van der Waals surface area contributed by atoms with Crippen molar-refractivity contribution in [1.29, 1.82) is 0 Å². The molecule has 0 fully saturated rings. The maximum atomic E-state index is 11.8. The first-order chi connectivity index (χ1) is 6.60. The van der Waals surface area contributed by atoms with Gasteiger partial charge < -0.3 is 10.6 Å². The molecule has 0 saturated carbocycles. The van der Waals surface area contributed by atoms with Gasteiger partial charge in [0.25, 0.3) is 0 Å². The maximum Gasteiger partial charge on any atom is 0.240 e. The van der Waals surface area contributed by atoms with Gasteiger partial charge in [0.05, 0.1) is 5.54 Å². The molecule has 0 aliphatic heterocycles. The van der Waals surface area contributed by atoms with Crippen molar-refractivity contribution in [2.24, 2.45) is 0 Å². The molecular formula is C11H24N2O. The Morgan fingerprint density at radius 1 is 1.21 bits per heavy atom.